The molecule has 1 atom stereocenters. The molecular weight excluding hydrogens is 234 g/mol. The van der Waals surface area contributed by atoms with Crippen molar-refractivity contribution in [3.05, 3.63) is 22.8 Å². The van der Waals surface area contributed by atoms with Gasteiger partial charge in [-0.25, -0.2) is 14.8 Å². The van der Waals surface area contributed by atoms with Crippen molar-refractivity contribution >= 4 is 5.97 Å². The van der Waals surface area contributed by atoms with Crippen molar-refractivity contribution in [2.75, 3.05) is 13.7 Å². The number of hydrogen-bond acceptors (Lipinski definition) is 6. The highest BCUT2D eigenvalue weighted by atomic mass is 16.5. The van der Waals surface area contributed by atoms with Crippen molar-refractivity contribution in [1.29, 1.82) is 0 Å². The van der Waals surface area contributed by atoms with Gasteiger partial charge in [-0.15, -0.1) is 0 Å². The number of methoxy groups -OCH3 is 1. The number of carbonyl (C=O) groups excluding carboxylic acids is 1. The summed E-state index contributed by atoms with van der Waals surface area (Å²) in [6.45, 7) is 2.02. The van der Waals surface area contributed by atoms with Crippen molar-refractivity contribution < 1.29 is 14.3 Å². The molecule has 0 radical (unpaired) electrons. The normalized spacial score (nSPS) is 21.9. The van der Waals surface area contributed by atoms with Crippen LogP contribution in [0.1, 0.15) is 46.5 Å². The van der Waals surface area contributed by atoms with Crippen LogP contribution in [0.25, 0.3) is 0 Å². The highest BCUT2D eigenvalue weighted by Gasteiger charge is 2.28. The number of nitrogens with one attached hydrogen (secondary N) is 1. The number of hydrogen-bond donors (Lipinski definition) is 1. The number of esters is 1. The third-order valence-electron chi connectivity index (χ3n) is 3.30. The zero-order chi connectivity index (χ0) is 12.5. The first-order valence-corrected chi connectivity index (χ1v) is 6.10. The molecule has 1 unspecified atom stereocenters. The van der Waals surface area contributed by atoms with E-state index in [9.17, 15) is 4.79 Å². The van der Waals surface area contributed by atoms with E-state index in [1.807, 2.05) is 0 Å². The second kappa shape index (κ2) is 4.62. The van der Waals surface area contributed by atoms with Gasteiger partial charge in [0, 0.05) is 25.3 Å². The van der Waals surface area contributed by atoms with Crippen LogP contribution >= 0.6 is 0 Å². The number of ether oxygens (including phenoxy) is 2. The van der Waals surface area contributed by atoms with E-state index >= 15 is 0 Å². The van der Waals surface area contributed by atoms with Crippen LogP contribution in [0.15, 0.2) is 0 Å². The Balaban J connectivity index is 2.03. The SMILES string of the molecule is COC(=O)c1nc(C2CCCO2)nc2c1CNC2. The Hall–Kier alpha value is -1.53. The summed E-state index contributed by atoms with van der Waals surface area (Å²) >= 11 is 0. The van der Waals surface area contributed by atoms with Gasteiger partial charge in [0.15, 0.2) is 11.5 Å². The van der Waals surface area contributed by atoms with E-state index in [2.05, 4.69) is 15.3 Å². The van der Waals surface area contributed by atoms with Crippen LogP contribution in [0.5, 0.6) is 0 Å². The number of fused-ring (bicyclic) bond motifs is 1. The van der Waals surface area contributed by atoms with E-state index in [4.69, 9.17) is 9.47 Å². The predicted molar refractivity (Wildman–Crippen MR) is 61.8 cm³/mol. The average Bonchev–Trinajstić information content (AvgIpc) is 3.06. The molecule has 3 heterocycles. The maximum Gasteiger partial charge on any atom is 0.357 e. The van der Waals surface area contributed by atoms with Crippen molar-refractivity contribution in [3.8, 4) is 0 Å². The van der Waals surface area contributed by atoms with Gasteiger partial charge in [0.05, 0.1) is 12.8 Å². The highest BCUT2D eigenvalue weighted by molar-refractivity contribution is 5.89. The van der Waals surface area contributed by atoms with E-state index in [0.29, 0.717) is 24.6 Å². The molecule has 1 aromatic rings. The standard InChI is InChI=1S/C12H15N3O3/c1-17-12(16)10-7-5-13-6-8(7)14-11(15-10)9-3-2-4-18-9/h9,13H,2-6H2,1H3. The molecule has 1 fully saturated rings. The van der Waals surface area contributed by atoms with Crippen molar-refractivity contribution in [2.24, 2.45) is 0 Å². The van der Waals surface area contributed by atoms with Crippen LogP contribution in [0.3, 0.4) is 0 Å². The van der Waals surface area contributed by atoms with Crippen molar-refractivity contribution in [1.82, 2.24) is 15.3 Å². The molecule has 2 aliphatic rings. The lowest BCUT2D eigenvalue weighted by atomic mass is 10.1. The Labute approximate surface area is 105 Å². The topological polar surface area (TPSA) is 73.3 Å². The first-order valence-electron chi connectivity index (χ1n) is 6.10. The predicted octanol–water partition coefficient (Wildman–Crippen LogP) is 0.718. The minimum Gasteiger partial charge on any atom is -0.464 e. The second-order valence-corrected chi connectivity index (χ2v) is 4.45. The van der Waals surface area contributed by atoms with Crippen LogP contribution < -0.4 is 5.32 Å². The lowest BCUT2D eigenvalue weighted by Crippen LogP contribution is -2.15. The third-order valence-corrected chi connectivity index (χ3v) is 3.30. The van der Waals surface area contributed by atoms with Gasteiger partial charge >= 0.3 is 5.97 Å². The Morgan fingerprint density at radius 2 is 2.33 bits per heavy atom. The van der Waals surface area contributed by atoms with Gasteiger partial charge in [-0.1, -0.05) is 0 Å². The molecule has 96 valence electrons. The van der Waals surface area contributed by atoms with Crippen LogP contribution in [0.4, 0.5) is 0 Å². The number of nitrogens with zero attached hydrogens (tertiary/aromatic N) is 2. The van der Waals surface area contributed by atoms with E-state index in [1.54, 1.807) is 0 Å². The monoisotopic (exact) mass is 249 g/mol. The fraction of sp³-hybridized carbons (Fsp3) is 0.583. The number of aromatic nitrogens is 2. The zero-order valence-electron chi connectivity index (χ0n) is 10.2. The largest absolute Gasteiger partial charge is 0.464 e. The van der Waals surface area contributed by atoms with E-state index in [-0.39, 0.29) is 6.10 Å². The molecular formula is C12H15N3O3. The molecule has 6 nitrogen and oxygen atoms in total. The van der Waals surface area contributed by atoms with Gasteiger partial charge < -0.3 is 14.8 Å². The molecule has 2 aliphatic heterocycles. The van der Waals surface area contributed by atoms with Gasteiger partial charge in [-0.05, 0) is 12.8 Å². The van der Waals surface area contributed by atoms with Crippen LogP contribution in [-0.4, -0.2) is 29.7 Å². The lowest BCUT2D eigenvalue weighted by Gasteiger charge is -2.11. The third kappa shape index (κ3) is 1.87. The molecule has 1 N–H and O–H groups in total. The Bertz CT molecular complexity index is 484. The molecule has 0 bridgehead atoms. The van der Waals surface area contributed by atoms with E-state index in [0.717, 1.165) is 30.7 Å². The second-order valence-electron chi connectivity index (χ2n) is 4.45. The van der Waals surface area contributed by atoms with Crippen LogP contribution in [0.2, 0.25) is 0 Å². The van der Waals surface area contributed by atoms with Gasteiger partial charge in [0.2, 0.25) is 0 Å². The summed E-state index contributed by atoms with van der Waals surface area (Å²) in [5.74, 6) is 0.201. The van der Waals surface area contributed by atoms with Gasteiger partial charge in [0.1, 0.15) is 6.10 Å². The molecule has 3 rings (SSSR count). The molecule has 1 aromatic heterocycles. The number of carbonyl (C=O) groups is 1. The maximum absolute atomic E-state index is 11.8. The number of rotatable bonds is 2. The van der Waals surface area contributed by atoms with E-state index in [1.165, 1.54) is 7.11 Å². The molecule has 0 spiro atoms. The Morgan fingerprint density at radius 1 is 1.44 bits per heavy atom. The summed E-state index contributed by atoms with van der Waals surface area (Å²) in [6.07, 6.45) is 1.84. The Kier molecular flexibility index (Phi) is 2.97. The van der Waals surface area contributed by atoms with Crippen molar-refractivity contribution in [2.45, 2.75) is 32.0 Å². The summed E-state index contributed by atoms with van der Waals surface area (Å²) in [5, 5.41) is 3.17. The minimum atomic E-state index is -0.406. The maximum atomic E-state index is 11.8. The summed E-state index contributed by atoms with van der Waals surface area (Å²) in [7, 11) is 1.37. The van der Waals surface area contributed by atoms with Crippen molar-refractivity contribution in [3.63, 3.8) is 0 Å². The highest BCUT2D eigenvalue weighted by Crippen LogP contribution is 2.28. The van der Waals surface area contributed by atoms with Gasteiger partial charge in [-0.2, -0.15) is 0 Å². The molecule has 0 amide bonds. The quantitative estimate of drug-likeness (QED) is 0.778. The molecule has 18 heavy (non-hydrogen) atoms. The zero-order valence-corrected chi connectivity index (χ0v) is 10.2. The first kappa shape index (κ1) is 11.6. The molecule has 0 aromatic carbocycles. The van der Waals surface area contributed by atoms with Gasteiger partial charge in [0.25, 0.3) is 0 Å². The molecule has 6 heteroatoms. The Morgan fingerprint density at radius 3 is 3.06 bits per heavy atom. The van der Waals surface area contributed by atoms with E-state index < -0.39 is 5.97 Å². The minimum absolute atomic E-state index is 0.0840. The van der Waals surface area contributed by atoms with Gasteiger partial charge in [-0.3, -0.25) is 0 Å². The van der Waals surface area contributed by atoms with Crippen LogP contribution in [0, 0.1) is 0 Å². The molecule has 0 aliphatic carbocycles. The molecule has 0 saturated carbocycles. The fourth-order valence-electron chi connectivity index (χ4n) is 2.38. The summed E-state index contributed by atoms with van der Waals surface area (Å²) < 4.78 is 10.4. The fourth-order valence-corrected chi connectivity index (χ4v) is 2.38. The molecule has 1 saturated heterocycles. The summed E-state index contributed by atoms with van der Waals surface area (Å²) in [6, 6.07) is 0. The average molecular weight is 249 g/mol. The summed E-state index contributed by atoms with van der Waals surface area (Å²) in [4.78, 5) is 20.6. The smallest absolute Gasteiger partial charge is 0.357 e. The first-order chi connectivity index (χ1) is 8.79. The summed E-state index contributed by atoms with van der Waals surface area (Å²) in [5.41, 5.74) is 2.11. The van der Waals surface area contributed by atoms with Crippen LogP contribution in [-0.2, 0) is 22.6 Å². The lowest BCUT2D eigenvalue weighted by molar-refractivity contribution is 0.0589.